The Balaban J connectivity index is 0.000000210. The summed E-state index contributed by atoms with van der Waals surface area (Å²) < 4.78 is 49.5. The molecule has 5 aromatic carbocycles. The molecule has 0 aliphatic heterocycles. The second kappa shape index (κ2) is 16.9. The van der Waals surface area contributed by atoms with E-state index in [0.29, 0.717) is 28.7 Å². The van der Waals surface area contributed by atoms with Crippen LogP contribution in [0.2, 0.25) is 17.3 Å². The summed E-state index contributed by atoms with van der Waals surface area (Å²) in [5, 5.41) is 2.20. The van der Waals surface area contributed by atoms with E-state index >= 15 is 0 Å². The van der Waals surface area contributed by atoms with Gasteiger partial charge in [0.1, 0.15) is 5.58 Å². The van der Waals surface area contributed by atoms with Crippen molar-refractivity contribution >= 4 is 50.6 Å². The average molecular weight is 996 g/mol. The van der Waals surface area contributed by atoms with Gasteiger partial charge in [0, 0.05) is 31.2 Å². The summed E-state index contributed by atoms with van der Waals surface area (Å²) >= 11 is -2.36. The molecule has 3 heterocycles. The van der Waals surface area contributed by atoms with Gasteiger partial charge in [-0.1, -0.05) is 81.6 Å². The predicted molar refractivity (Wildman–Crippen MR) is 240 cm³/mol. The van der Waals surface area contributed by atoms with Crippen LogP contribution in [0.3, 0.4) is 0 Å². The minimum absolute atomic E-state index is 0. The van der Waals surface area contributed by atoms with Crippen LogP contribution in [0.25, 0.3) is 61.3 Å². The molecule has 0 saturated heterocycles. The topological polar surface area (TPSA) is 43.9 Å². The number of hydrogen-bond donors (Lipinski definition) is 0. The van der Waals surface area contributed by atoms with Crippen molar-refractivity contribution in [3.8, 4) is 28.3 Å². The Hall–Kier alpha value is -4.29. The molecule has 8 rings (SSSR count). The van der Waals surface area contributed by atoms with E-state index in [1.807, 2.05) is 51.2 Å². The molecule has 3 aromatic heterocycles. The zero-order valence-corrected chi connectivity index (χ0v) is 39.1. The Bertz CT molecular complexity index is 2840. The van der Waals surface area contributed by atoms with Gasteiger partial charge in [0.2, 0.25) is 0 Å². The zero-order valence-electron chi connectivity index (χ0n) is 39.6. The summed E-state index contributed by atoms with van der Waals surface area (Å²) in [6, 6.07) is 40.4. The number of fused-ring (bicyclic) bond motifs is 4. The van der Waals surface area contributed by atoms with Crippen molar-refractivity contribution in [1.82, 2.24) is 14.5 Å². The smallest absolute Gasteiger partial charge is 0 e. The molecule has 295 valence electrons. The van der Waals surface area contributed by atoms with Gasteiger partial charge in [0.15, 0.2) is 0 Å². The van der Waals surface area contributed by atoms with Gasteiger partial charge >= 0.3 is 145 Å². The maximum Gasteiger partial charge on any atom is 0 e. The Morgan fingerprint density at radius 2 is 1.47 bits per heavy atom. The van der Waals surface area contributed by atoms with Crippen LogP contribution >= 0.6 is 0 Å². The molecule has 4 nitrogen and oxygen atoms in total. The Kier molecular flexibility index (Phi) is 10.6. The fraction of sp³-hybridized carbons (Fsp3) is 0.294. The Labute approximate surface area is 362 Å². The number of hydrogen-bond acceptors (Lipinski definition) is 3. The van der Waals surface area contributed by atoms with Gasteiger partial charge in [0.25, 0.3) is 0 Å². The third kappa shape index (κ3) is 9.07. The third-order valence-corrected chi connectivity index (χ3v) is 14.2. The summed E-state index contributed by atoms with van der Waals surface area (Å²) in [6.45, 7) is 12.6. The second-order valence-electron chi connectivity index (χ2n) is 17.3. The van der Waals surface area contributed by atoms with E-state index in [4.69, 9.17) is 16.3 Å². The first-order chi connectivity index (χ1) is 28.6. The molecule has 1 radical (unpaired) electrons. The van der Waals surface area contributed by atoms with Gasteiger partial charge in [-0.05, 0) is 41.2 Å². The third-order valence-electron chi connectivity index (χ3n) is 9.99. The zero-order chi connectivity index (χ0) is 44.2. The van der Waals surface area contributed by atoms with Crippen molar-refractivity contribution < 1.29 is 31.4 Å². The number of furan rings is 1. The van der Waals surface area contributed by atoms with Crippen molar-refractivity contribution in [2.75, 3.05) is 0 Å². The fourth-order valence-corrected chi connectivity index (χ4v) is 10.2. The van der Waals surface area contributed by atoms with Crippen molar-refractivity contribution in [3.05, 3.63) is 144 Å². The van der Waals surface area contributed by atoms with Crippen LogP contribution in [-0.4, -0.2) is 27.8 Å². The summed E-state index contributed by atoms with van der Waals surface area (Å²) in [5.74, 6) is 8.37. The summed E-state index contributed by atoms with van der Waals surface area (Å²) in [7, 11) is 0. The quantitative estimate of drug-likeness (QED) is 0.118. The van der Waals surface area contributed by atoms with Gasteiger partial charge < -0.3 is 8.98 Å². The second-order valence-corrected chi connectivity index (χ2v) is 27.9. The van der Waals surface area contributed by atoms with Crippen molar-refractivity contribution in [2.24, 2.45) is 5.41 Å². The van der Waals surface area contributed by atoms with E-state index in [1.165, 1.54) is 22.9 Å². The van der Waals surface area contributed by atoms with Gasteiger partial charge in [-0.3, -0.25) is 4.98 Å². The minimum Gasteiger partial charge on any atom is 0 e. The van der Waals surface area contributed by atoms with E-state index in [9.17, 15) is 0 Å². The van der Waals surface area contributed by atoms with E-state index in [0.717, 1.165) is 48.8 Å². The van der Waals surface area contributed by atoms with Crippen molar-refractivity contribution in [1.29, 1.82) is 0 Å². The van der Waals surface area contributed by atoms with E-state index < -0.39 is 31.9 Å². The van der Waals surface area contributed by atoms with E-state index in [2.05, 4.69) is 127 Å². The normalized spacial score (nSPS) is 13.8. The molecule has 0 N–H and O–H groups in total. The molecule has 0 unspecified atom stereocenters. The van der Waals surface area contributed by atoms with Crippen molar-refractivity contribution in [2.45, 2.75) is 90.8 Å². The molecule has 0 fully saturated rings. The van der Waals surface area contributed by atoms with Crippen LogP contribution in [-0.2, 0) is 26.5 Å². The summed E-state index contributed by atoms with van der Waals surface area (Å²) in [4.78, 5) is 9.70. The Morgan fingerprint density at radius 3 is 2.12 bits per heavy atom. The van der Waals surface area contributed by atoms with Gasteiger partial charge in [0.05, 0.1) is 22.4 Å². The Morgan fingerprint density at radius 1 is 0.789 bits per heavy atom. The monoisotopic (exact) mass is 997 g/mol. The predicted octanol–water partition coefficient (Wildman–Crippen LogP) is 13.6. The maximum absolute atomic E-state index is 8.80. The van der Waals surface area contributed by atoms with Crippen molar-refractivity contribution in [3.63, 3.8) is 0 Å². The van der Waals surface area contributed by atoms with Crippen LogP contribution in [0.15, 0.2) is 114 Å². The molecular formula is C51H55GeIrN3O-2. The largest absolute Gasteiger partial charge is 0 e. The van der Waals surface area contributed by atoms with Gasteiger partial charge in [-0.25, -0.2) is 0 Å². The van der Waals surface area contributed by atoms with Crippen LogP contribution in [0.4, 0.5) is 0 Å². The van der Waals surface area contributed by atoms with Gasteiger partial charge in [-0.2, -0.15) is 0 Å². The van der Waals surface area contributed by atoms with Crippen LogP contribution < -0.4 is 4.40 Å². The number of pyridine rings is 1. The van der Waals surface area contributed by atoms with Gasteiger partial charge in [-0.15, -0.1) is 23.8 Å². The molecule has 57 heavy (non-hydrogen) atoms. The number of rotatable bonds is 7. The molecular weight excluding hydrogens is 935 g/mol. The fourth-order valence-electron chi connectivity index (χ4n) is 7.29. The van der Waals surface area contributed by atoms with E-state index in [1.54, 1.807) is 12.1 Å². The molecule has 0 amide bonds. The molecule has 0 spiro atoms. The number of nitrogens with zero attached hydrogens (tertiary/aromatic N) is 3. The number of aromatic nitrogens is 3. The average Bonchev–Trinajstić information content (AvgIpc) is 3.78. The molecule has 0 atom stereocenters. The first-order valence-corrected chi connectivity index (χ1v) is 26.9. The molecule has 6 heteroatoms. The summed E-state index contributed by atoms with van der Waals surface area (Å²) in [6.07, 6.45) is 0.303. The SMILES string of the molecule is CC(C)c1cccc(C(C)C)c1-n1c(-c2[c-]cc3oc4ccccc4c3c2)nc2ccccc21.[2H]C([2H])([2H])c1c[c-]c(-c2cc(C([2H])([2H])C(C)(C)C)[c]([Ge]([CH3])([CH3])[CH3])cn2)cc1.[Ir]. The summed E-state index contributed by atoms with van der Waals surface area (Å²) in [5.41, 5.74) is 10.3. The molecule has 0 aliphatic carbocycles. The first-order valence-electron chi connectivity index (χ1n) is 22.1. The standard InChI is InChI=1S/C31H27N2O.C20H28GeN.Ir/c1-19(2)22-11-9-12-23(20(3)4)30(22)33-27-14-7-6-13-26(27)32-31(33)21-16-17-29-25(18-21)24-10-5-8-15-28(24)34-29;1-15-8-10-16(11-9-15)19-12-17(13-20(2,3)4)18(14-22-19)21(5,6)7;/h5-15,17-20H,1-4H3;8-10,12,14H,13H2,1-7H3;/q2*-1;/i;1D3,13D2;. The number of para-hydroxylation sites is 4. The number of imidazole rings is 1. The first kappa shape index (κ1) is 35.8. The molecule has 8 aromatic rings. The van der Waals surface area contributed by atoms with Crippen LogP contribution in [0, 0.1) is 24.4 Å². The molecule has 0 bridgehead atoms. The van der Waals surface area contributed by atoms with Crippen LogP contribution in [0.5, 0.6) is 0 Å². The maximum atomic E-state index is 8.80. The molecule has 0 saturated carbocycles. The minimum atomic E-state index is -2.36. The van der Waals surface area contributed by atoms with Crippen LogP contribution in [0.1, 0.15) is 89.4 Å². The molecule has 0 aliphatic rings. The number of benzene rings is 5. The number of aryl methyl sites for hydroxylation is 1. The van der Waals surface area contributed by atoms with E-state index in [-0.39, 0.29) is 25.7 Å².